The van der Waals surface area contributed by atoms with E-state index in [4.69, 9.17) is 0 Å². The topological polar surface area (TPSA) is 58.2 Å². The normalized spacial score (nSPS) is 19.2. The summed E-state index contributed by atoms with van der Waals surface area (Å²) in [6.07, 6.45) is 2.19. The number of nitrogens with one attached hydrogen (secondary N) is 2. The fraction of sp³-hybridized carbons (Fsp3) is 0.714. The molecule has 1 aromatic heterocycles. The average molecular weight is 349 g/mol. The Labute approximate surface area is 136 Å². The van der Waals surface area contributed by atoms with Gasteiger partial charge in [-0.3, -0.25) is 0 Å². The first kappa shape index (κ1) is 17.3. The number of rotatable bonds is 8. The molecule has 120 valence electrons. The lowest BCUT2D eigenvalue weighted by Crippen LogP contribution is -2.29. The predicted octanol–water partition coefficient (Wildman–Crippen LogP) is 2.59. The van der Waals surface area contributed by atoms with Crippen LogP contribution < -0.4 is 10.0 Å². The summed E-state index contributed by atoms with van der Waals surface area (Å²) in [5, 5.41) is 3.31. The standard InChI is InChI=1S/C14H24N2O2S3/c1-3-5-15-9-13-7-14(11(2)20-13)21(17,18)16-8-12-4-6-19-10-12/h7,12,15-16H,3-6,8-10H2,1-2H3. The molecule has 0 radical (unpaired) electrons. The number of sulfonamides is 1. The molecule has 21 heavy (non-hydrogen) atoms. The van der Waals surface area contributed by atoms with Gasteiger partial charge < -0.3 is 5.32 Å². The van der Waals surface area contributed by atoms with Gasteiger partial charge in [-0.25, -0.2) is 13.1 Å². The van der Waals surface area contributed by atoms with Gasteiger partial charge in [-0.15, -0.1) is 11.3 Å². The molecule has 1 fully saturated rings. The molecule has 1 aliphatic rings. The van der Waals surface area contributed by atoms with E-state index in [1.807, 2.05) is 24.8 Å². The molecule has 1 aromatic rings. The number of aryl methyl sites for hydroxylation is 1. The Balaban J connectivity index is 1.97. The lowest BCUT2D eigenvalue weighted by atomic mass is 10.1. The summed E-state index contributed by atoms with van der Waals surface area (Å²) in [7, 11) is -3.36. The Morgan fingerprint density at radius 3 is 2.90 bits per heavy atom. The third kappa shape index (κ3) is 4.96. The zero-order valence-electron chi connectivity index (χ0n) is 12.6. The van der Waals surface area contributed by atoms with Gasteiger partial charge in [0.05, 0.1) is 4.90 Å². The van der Waals surface area contributed by atoms with Crippen molar-refractivity contribution in [3.05, 3.63) is 15.8 Å². The molecule has 0 spiro atoms. The van der Waals surface area contributed by atoms with Crippen molar-refractivity contribution in [1.82, 2.24) is 10.0 Å². The van der Waals surface area contributed by atoms with Crippen LogP contribution in [0.15, 0.2) is 11.0 Å². The highest BCUT2D eigenvalue weighted by Crippen LogP contribution is 2.27. The number of hydrogen-bond donors (Lipinski definition) is 2. The van der Waals surface area contributed by atoms with E-state index in [-0.39, 0.29) is 0 Å². The van der Waals surface area contributed by atoms with Gasteiger partial charge in [0.25, 0.3) is 0 Å². The Bertz CT molecular complexity index is 549. The molecule has 4 nitrogen and oxygen atoms in total. The molecular formula is C14H24N2O2S3. The van der Waals surface area contributed by atoms with Crippen LogP contribution in [-0.2, 0) is 16.6 Å². The van der Waals surface area contributed by atoms with Crippen molar-refractivity contribution in [3.63, 3.8) is 0 Å². The van der Waals surface area contributed by atoms with Gasteiger partial charge in [0.2, 0.25) is 10.0 Å². The Kier molecular flexibility index (Phi) is 6.55. The number of thioether (sulfide) groups is 1. The largest absolute Gasteiger partial charge is 0.312 e. The van der Waals surface area contributed by atoms with Gasteiger partial charge in [-0.2, -0.15) is 11.8 Å². The second kappa shape index (κ2) is 7.97. The Hall–Kier alpha value is -0.0800. The summed E-state index contributed by atoms with van der Waals surface area (Å²) in [6.45, 7) is 6.26. The molecule has 0 aromatic carbocycles. The summed E-state index contributed by atoms with van der Waals surface area (Å²) >= 11 is 3.47. The highest BCUT2D eigenvalue weighted by molar-refractivity contribution is 7.99. The quantitative estimate of drug-likeness (QED) is 0.709. The maximum atomic E-state index is 12.4. The smallest absolute Gasteiger partial charge is 0.241 e. The van der Waals surface area contributed by atoms with Gasteiger partial charge in [0, 0.05) is 22.8 Å². The van der Waals surface area contributed by atoms with Gasteiger partial charge >= 0.3 is 0 Å². The summed E-state index contributed by atoms with van der Waals surface area (Å²) in [4.78, 5) is 2.40. The molecule has 0 aliphatic carbocycles. The molecule has 0 amide bonds. The number of thiophene rings is 1. The molecule has 1 aliphatic heterocycles. The molecular weight excluding hydrogens is 324 g/mol. The van der Waals surface area contributed by atoms with Crippen LogP contribution in [0.4, 0.5) is 0 Å². The molecule has 0 saturated carbocycles. The highest BCUT2D eigenvalue weighted by Gasteiger charge is 2.22. The van der Waals surface area contributed by atoms with Crippen molar-refractivity contribution >= 4 is 33.1 Å². The van der Waals surface area contributed by atoms with Crippen molar-refractivity contribution in [1.29, 1.82) is 0 Å². The average Bonchev–Trinajstić information content (AvgIpc) is 3.07. The first-order valence-corrected chi connectivity index (χ1v) is 10.9. The fourth-order valence-corrected chi connectivity index (χ4v) is 6.32. The zero-order chi connectivity index (χ0) is 15.3. The molecule has 1 unspecified atom stereocenters. The summed E-state index contributed by atoms with van der Waals surface area (Å²) in [6, 6.07) is 1.81. The van der Waals surface area contributed by atoms with Crippen molar-refractivity contribution in [2.24, 2.45) is 5.92 Å². The fourth-order valence-electron chi connectivity index (χ4n) is 2.32. The van der Waals surface area contributed by atoms with Crippen LogP contribution in [0.5, 0.6) is 0 Å². The van der Waals surface area contributed by atoms with Gasteiger partial charge in [-0.1, -0.05) is 6.92 Å². The van der Waals surface area contributed by atoms with Crippen molar-refractivity contribution < 1.29 is 8.42 Å². The third-order valence-corrected chi connectivity index (χ3v) is 7.49. The van der Waals surface area contributed by atoms with Crippen LogP contribution in [0.2, 0.25) is 0 Å². The van der Waals surface area contributed by atoms with Crippen LogP contribution in [-0.4, -0.2) is 33.0 Å². The Morgan fingerprint density at radius 2 is 2.24 bits per heavy atom. The van der Waals surface area contributed by atoms with E-state index in [1.165, 1.54) is 0 Å². The van der Waals surface area contributed by atoms with Gasteiger partial charge in [0.1, 0.15) is 0 Å². The van der Waals surface area contributed by atoms with Crippen molar-refractivity contribution in [2.45, 2.75) is 38.1 Å². The highest BCUT2D eigenvalue weighted by atomic mass is 32.2. The van der Waals surface area contributed by atoms with Crippen LogP contribution in [0.25, 0.3) is 0 Å². The van der Waals surface area contributed by atoms with E-state index >= 15 is 0 Å². The van der Waals surface area contributed by atoms with E-state index < -0.39 is 10.0 Å². The first-order chi connectivity index (χ1) is 10.0. The molecule has 1 saturated heterocycles. The van der Waals surface area contributed by atoms with E-state index in [2.05, 4.69) is 17.0 Å². The summed E-state index contributed by atoms with van der Waals surface area (Å²) < 4.78 is 27.6. The van der Waals surface area contributed by atoms with Crippen LogP contribution in [0.1, 0.15) is 29.5 Å². The van der Waals surface area contributed by atoms with Crippen LogP contribution in [0.3, 0.4) is 0 Å². The molecule has 1 atom stereocenters. The Morgan fingerprint density at radius 1 is 1.43 bits per heavy atom. The maximum absolute atomic E-state index is 12.4. The summed E-state index contributed by atoms with van der Waals surface area (Å²) in [5.41, 5.74) is 0. The zero-order valence-corrected chi connectivity index (χ0v) is 15.1. The van der Waals surface area contributed by atoms with E-state index in [0.29, 0.717) is 17.4 Å². The van der Waals surface area contributed by atoms with E-state index in [1.54, 1.807) is 11.3 Å². The molecule has 7 heteroatoms. The van der Waals surface area contributed by atoms with E-state index in [0.717, 1.165) is 47.2 Å². The van der Waals surface area contributed by atoms with E-state index in [9.17, 15) is 8.42 Å². The molecule has 2 heterocycles. The van der Waals surface area contributed by atoms with Crippen LogP contribution in [0, 0.1) is 12.8 Å². The minimum Gasteiger partial charge on any atom is -0.312 e. The SMILES string of the molecule is CCCNCc1cc(S(=O)(=O)NCC2CCSC2)c(C)s1. The van der Waals surface area contributed by atoms with Gasteiger partial charge in [-0.05, 0) is 49.8 Å². The minimum absolute atomic E-state index is 0.450. The van der Waals surface area contributed by atoms with Crippen LogP contribution >= 0.6 is 23.1 Å². The monoisotopic (exact) mass is 348 g/mol. The molecule has 2 N–H and O–H groups in total. The number of hydrogen-bond acceptors (Lipinski definition) is 5. The first-order valence-electron chi connectivity index (χ1n) is 7.40. The van der Waals surface area contributed by atoms with Gasteiger partial charge in [0.15, 0.2) is 0 Å². The second-order valence-corrected chi connectivity index (χ2v) is 9.62. The predicted molar refractivity (Wildman–Crippen MR) is 91.7 cm³/mol. The maximum Gasteiger partial charge on any atom is 0.241 e. The third-order valence-electron chi connectivity index (χ3n) is 3.52. The minimum atomic E-state index is -3.36. The lowest BCUT2D eigenvalue weighted by Gasteiger charge is -2.10. The summed E-state index contributed by atoms with van der Waals surface area (Å²) in [5.74, 6) is 2.70. The molecule has 2 rings (SSSR count). The second-order valence-electron chi connectivity index (χ2n) is 5.39. The van der Waals surface area contributed by atoms with Crippen molar-refractivity contribution in [2.75, 3.05) is 24.6 Å². The lowest BCUT2D eigenvalue weighted by molar-refractivity contribution is 0.545. The van der Waals surface area contributed by atoms with Crippen molar-refractivity contribution in [3.8, 4) is 0 Å². The molecule has 0 bridgehead atoms.